The van der Waals surface area contributed by atoms with E-state index in [4.69, 9.17) is 23.2 Å². The number of halogens is 2. The minimum atomic E-state index is -3.55. The molecule has 0 aliphatic heterocycles. The molecule has 0 amide bonds. The van der Waals surface area contributed by atoms with E-state index in [2.05, 4.69) is 15.1 Å². The van der Waals surface area contributed by atoms with Crippen molar-refractivity contribution >= 4 is 38.7 Å². The highest BCUT2D eigenvalue weighted by atomic mass is 35.5. The molecule has 24 heavy (non-hydrogen) atoms. The van der Waals surface area contributed by atoms with E-state index in [0.717, 1.165) is 0 Å². The lowest BCUT2D eigenvalue weighted by molar-refractivity contribution is 0.577. The van der Waals surface area contributed by atoms with Crippen molar-refractivity contribution in [2.24, 2.45) is 0 Å². The second-order valence-corrected chi connectivity index (χ2v) is 8.29. The molecule has 3 rings (SSSR count). The Labute approximate surface area is 149 Å². The van der Waals surface area contributed by atoms with Gasteiger partial charge in [-0.15, -0.1) is 0 Å². The summed E-state index contributed by atoms with van der Waals surface area (Å²) in [6.45, 7) is 4.98. The number of sulfone groups is 1. The summed E-state index contributed by atoms with van der Waals surface area (Å²) in [7, 11) is -3.55. The predicted molar refractivity (Wildman–Crippen MR) is 93.4 cm³/mol. The van der Waals surface area contributed by atoms with E-state index < -0.39 is 9.84 Å². The highest BCUT2D eigenvalue weighted by Gasteiger charge is 2.24. The third-order valence-electron chi connectivity index (χ3n) is 3.60. The molecule has 0 unspecified atom stereocenters. The fourth-order valence-corrected chi connectivity index (χ4v) is 3.88. The SMILES string of the molecule is CCS(=O)(=O)c1nc(C)nc2c(-c3ccc(Cl)cc3Cl)c(C)nn12. The number of nitrogens with zero attached hydrogens (tertiary/aromatic N) is 4. The van der Waals surface area contributed by atoms with Crippen LogP contribution < -0.4 is 0 Å². The summed E-state index contributed by atoms with van der Waals surface area (Å²) < 4.78 is 25.9. The van der Waals surface area contributed by atoms with Crippen LogP contribution in [0.15, 0.2) is 23.4 Å². The van der Waals surface area contributed by atoms with Crippen LogP contribution in [0.4, 0.5) is 0 Å². The molecule has 3 aromatic rings. The van der Waals surface area contributed by atoms with Crippen molar-refractivity contribution in [1.29, 1.82) is 0 Å². The lowest BCUT2D eigenvalue weighted by Crippen LogP contribution is -2.14. The molecular weight excluding hydrogens is 371 g/mol. The molecule has 0 N–H and O–H groups in total. The maximum Gasteiger partial charge on any atom is 0.252 e. The van der Waals surface area contributed by atoms with Gasteiger partial charge in [-0.3, -0.25) is 0 Å². The van der Waals surface area contributed by atoms with Crippen LogP contribution >= 0.6 is 23.2 Å². The number of aryl methyl sites for hydroxylation is 2. The summed E-state index contributed by atoms with van der Waals surface area (Å²) >= 11 is 12.3. The van der Waals surface area contributed by atoms with E-state index in [1.165, 1.54) is 4.52 Å². The molecule has 0 spiro atoms. The average molecular weight is 385 g/mol. The van der Waals surface area contributed by atoms with Crippen LogP contribution in [0.5, 0.6) is 0 Å². The van der Waals surface area contributed by atoms with E-state index in [1.807, 2.05) is 0 Å². The predicted octanol–water partition coefficient (Wildman–Crippen LogP) is 3.51. The Bertz CT molecular complexity index is 1060. The minimum Gasteiger partial charge on any atom is -0.220 e. The smallest absolute Gasteiger partial charge is 0.220 e. The molecule has 0 saturated carbocycles. The van der Waals surface area contributed by atoms with Crippen molar-refractivity contribution in [2.75, 3.05) is 5.75 Å². The van der Waals surface area contributed by atoms with Gasteiger partial charge in [0, 0.05) is 10.6 Å². The zero-order chi connectivity index (χ0) is 17.6. The Kier molecular flexibility index (Phi) is 4.27. The van der Waals surface area contributed by atoms with Crippen LogP contribution in [0.3, 0.4) is 0 Å². The lowest BCUT2D eigenvalue weighted by atomic mass is 10.1. The Morgan fingerprint density at radius 1 is 1.17 bits per heavy atom. The third-order valence-corrected chi connectivity index (χ3v) is 5.73. The largest absolute Gasteiger partial charge is 0.252 e. The van der Waals surface area contributed by atoms with Crippen LogP contribution in [-0.4, -0.2) is 33.8 Å². The number of hydrogen-bond acceptors (Lipinski definition) is 5. The average Bonchev–Trinajstić information content (AvgIpc) is 2.82. The van der Waals surface area contributed by atoms with Gasteiger partial charge in [-0.25, -0.2) is 18.4 Å². The van der Waals surface area contributed by atoms with Crippen molar-refractivity contribution in [2.45, 2.75) is 25.9 Å². The molecule has 126 valence electrons. The van der Waals surface area contributed by atoms with Crippen LogP contribution in [-0.2, 0) is 9.84 Å². The third kappa shape index (κ3) is 2.76. The molecule has 1 aromatic carbocycles. The molecule has 0 aliphatic rings. The summed E-state index contributed by atoms with van der Waals surface area (Å²) in [6, 6.07) is 5.10. The van der Waals surface area contributed by atoms with Gasteiger partial charge in [0.2, 0.25) is 9.84 Å². The second-order valence-electron chi connectivity index (χ2n) is 5.28. The molecule has 2 heterocycles. The van der Waals surface area contributed by atoms with Crippen molar-refractivity contribution in [3.8, 4) is 11.1 Å². The van der Waals surface area contributed by atoms with Crippen LogP contribution in [0.25, 0.3) is 16.8 Å². The minimum absolute atomic E-state index is 0.0749. The molecule has 0 fully saturated rings. The van der Waals surface area contributed by atoms with Gasteiger partial charge in [-0.1, -0.05) is 36.2 Å². The summed E-state index contributed by atoms with van der Waals surface area (Å²) in [5.41, 5.74) is 2.35. The first-order valence-electron chi connectivity index (χ1n) is 7.16. The fraction of sp³-hybridized carbons (Fsp3) is 0.267. The molecule has 0 aliphatic carbocycles. The van der Waals surface area contributed by atoms with E-state index in [-0.39, 0.29) is 10.9 Å². The van der Waals surface area contributed by atoms with Crippen molar-refractivity contribution in [3.05, 3.63) is 39.8 Å². The van der Waals surface area contributed by atoms with E-state index >= 15 is 0 Å². The van der Waals surface area contributed by atoms with E-state index in [0.29, 0.717) is 38.3 Å². The monoisotopic (exact) mass is 384 g/mol. The first kappa shape index (κ1) is 17.1. The van der Waals surface area contributed by atoms with Gasteiger partial charge < -0.3 is 0 Å². The highest BCUT2D eigenvalue weighted by Crippen LogP contribution is 2.35. The molecule has 6 nitrogen and oxygen atoms in total. The van der Waals surface area contributed by atoms with Gasteiger partial charge in [-0.05, 0) is 26.0 Å². The zero-order valence-corrected chi connectivity index (χ0v) is 15.5. The van der Waals surface area contributed by atoms with Gasteiger partial charge in [0.25, 0.3) is 5.16 Å². The van der Waals surface area contributed by atoms with E-state index in [1.54, 1.807) is 39.0 Å². The number of hydrogen-bond donors (Lipinski definition) is 0. The van der Waals surface area contributed by atoms with Gasteiger partial charge in [-0.2, -0.15) is 9.61 Å². The van der Waals surface area contributed by atoms with Crippen LogP contribution in [0, 0.1) is 13.8 Å². The van der Waals surface area contributed by atoms with Gasteiger partial charge in [0.05, 0.1) is 22.0 Å². The van der Waals surface area contributed by atoms with Gasteiger partial charge in [0.15, 0.2) is 5.65 Å². The number of rotatable bonds is 3. The lowest BCUT2D eigenvalue weighted by Gasteiger charge is -2.07. The molecular formula is C15H14Cl2N4O2S. The maximum atomic E-state index is 12.3. The standard InChI is InChI=1S/C15H14Cl2N4O2S/c1-4-24(22,23)15-19-9(3)18-14-13(8(2)20-21(14)15)11-6-5-10(16)7-12(11)17/h5-7H,4H2,1-3H3. The number of benzene rings is 1. The summed E-state index contributed by atoms with van der Waals surface area (Å²) in [5, 5.41) is 5.16. The summed E-state index contributed by atoms with van der Waals surface area (Å²) in [6.07, 6.45) is 0. The van der Waals surface area contributed by atoms with Gasteiger partial charge >= 0.3 is 0 Å². The first-order chi connectivity index (χ1) is 11.2. The molecule has 9 heteroatoms. The Balaban J connectivity index is 2.42. The Morgan fingerprint density at radius 2 is 1.88 bits per heavy atom. The van der Waals surface area contributed by atoms with E-state index in [9.17, 15) is 8.42 Å². The molecule has 0 atom stereocenters. The zero-order valence-electron chi connectivity index (χ0n) is 13.2. The van der Waals surface area contributed by atoms with Crippen LogP contribution in [0.2, 0.25) is 10.0 Å². The molecule has 0 radical (unpaired) electrons. The maximum absolute atomic E-state index is 12.3. The fourth-order valence-electron chi connectivity index (χ4n) is 2.45. The topological polar surface area (TPSA) is 77.2 Å². The Morgan fingerprint density at radius 3 is 2.50 bits per heavy atom. The number of aromatic nitrogens is 4. The van der Waals surface area contributed by atoms with Crippen molar-refractivity contribution in [3.63, 3.8) is 0 Å². The molecule has 0 bridgehead atoms. The van der Waals surface area contributed by atoms with Gasteiger partial charge in [0.1, 0.15) is 5.82 Å². The van der Waals surface area contributed by atoms with Crippen molar-refractivity contribution < 1.29 is 8.42 Å². The Hall–Kier alpha value is -1.70. The molecule has 0 saturated heterocycles. The van der Waals surface area contributed by atoms with Crippen molar-refractivity contribution in [1.82, 2.24) is 19.6 Å². The summed E-state index contributed by atoms with van der Waals surface area (Å²) in [5.74, 6) is 0.273. The molecule has 2 aromatic heterocycles. The normalized spacial score (nSPS) is 12.0. The highest BCUT2D eigenvalue weighted by molar-refractivity contribution is 7.91. The quantitative estimate of drug-likeness (QED) is 0.690. The second kappa shape index (κ2) is 5.98. The summed E-state index contributed by atoms with van der Waals surface area (Å²) in [4.78, 5) is 8.45. The van der Waals surface area contributed by atoms with Crippen LogP contribution in [0.1, 0.15) is 18.4 Å². The number of fused-ring (bicyclic) bond motifs is 1. The first-order valence-corrected chi connectivity index (χ1v) is 9.57.